The number of benzene rings is 1. The normalized spacial score (nSPS) is 28.5. The lowest BCUT2D eigenvalue weighted by Crippen LogP contribution is -2.61. The van der Waals surface area contributed by atoms with E-state index in [0.717, 1.165) is 32.6 Å². The van der Waals surface area contributed by atoms with Crippen LogP contribution in [0.4, 0.5) is 0 Å². The molecule has 1 amide bonds. The first-order valence-electron chi connectivity index (χ1n) is 5.84. The number of hydrogen-bond acceptors (Lipinski definition) is 2. The molecule has 3 nitrogen and oxygen atoms in total. The summed E-state index contributed by atoms with van der Waals surface area (Å²) in [7, 11) is 0. The van der Waals surface area contributed by atoms with Crippen molar-refractivity contribution in [2.75, 3.05) is 19.6 Å². The van der Waals surface area contributed by atoms with E-state index in [4.69, 9.17) is 0 Å². The van der Waals surface area contributed by atoms with Crippen molar-refractivity contribution in [2.24, 2.45) is 5.41 Å². The quantitative estimate of drug-likeness (QED) is 0.748. The van der Waals surface area contributed by atoms with E-state index in [1.165, 1.54) is 5.56 Å². The standard InChI is InChI=1S/C13H16N2O/c16-12-13(6-7-14-9-13)10-15(12)8-11-4-2-1-3-5-11/h1-5,14H,6-10H2. The van der Waals surface area contributed by atoms with Crippen LogP contribution in [0.2, 0.25) is 0 Å². The molecule has 84 valence electrons. The predicted octanol–water partition coefficient (Wildman–Crippen LogP) is 1.01. The highest BCUT2D eigenvalue weighted by atomic mass is 16.2. The van der Waals surface area contributed by atoms with Gasteiger partial charge in [-0.2, -0.15) is 0 Å². The number of β-lactam (4-membered cyclic amide) rings is 1. The molecule has 2 saturated heterocycles. The lowest BCUT2D eigenvalue weighted by atomic mass is 9.78. The van der Waals surface area contributed by atoms with Gasteiger partial charge in [0.15, 0.2) is 0 Å². The van der Waals surface area contributed by atoms with Crippen LogP contribution in [-0.2, 0) is 11.3 Å². The summed E-state index contributed by atoms with van der Waals surface area (Å²) < 4.78 is 0. The van der Waals surface area contributed by atoms with E-state index in [2.05, 4.69) is 17.4 Å². The average molecular weight is 216 g/mol. The topological polar surface area (TPSA) is 32.3 Å². The molecule has 1 aromatic rings. The van der Waals surface area contributed by atoms with Crippen LogP contribution in [0, 0.1) is 5.41 Å². The molecule has 1 aromatic carbocycles. The van der Waals surface area contributed by atoms with Crippen LogP contribution >= 0.6 is 0 Å². The Hall–Kier alpha value is -1.35. The summed E-state index contributed by atoms with van der Waals surface area (Å²) in [6.07, 6.45) is 1.01. The smallest absolute Gasteiger partial charge is 0.232 e. The van der Waals surface area contributed by atoms with Crippen molar-refractivity contribution in [3.8, 4) is 0 Å². The van der Waals surface area contributed by atoms with Crippen molar-refractivity contribution in [3.05, 3.63) is 35.9 Å². The van der Waals surface area contributed by atoms with Crippen LogP contribution in [0.1, 0.15) is 12.0 Å². The minimum absolute atomic E-state index is 0.0468. The van der Waals surface area contributed by atoms with Gasteiger partial charge in [-0.05, 0) is 18.5 Å². The molecule has 3 rings (SSSR count). The summed E-state index contributed by atoms with van der Waals surface area (Å²) in [6, 6.07) is 10.2. The first kappa shape index (κ1) is 9.85. The third kappa shape index (κ3) is 1.43. The maximum atomic E-state index is 12.1. The number of nitrogens with zero attached hydrogens (tertiary/aromatic N) is 1. The van der Waals surface area contributed by atoms with E-state index < -0.39 is 0 Å². The van der Waals surface area contributed by atoms with E-state index in [0.29, 0.717) is 5.91 Å². The fraction of sp³-hybridized carbons (Fsp3) is 0.462. The van der Waals surface area contributed by atoms with Crippen molar-refractivity contribution in [3.63, 3.8) is 0 Å². The van der Waals surface area contributed by atoms with Crippen LogP contribution < -0.4 is 5.32 Å². The molecular weight excluding hydrogens is 200 g/mol. The third-order valence-electron chi connectivity index (χ3n) is 3.69. The van der Waals surface area contributed by atoms with Gasteiger partial charge in [-0.3, -0.25) is 4.79 Å². The molecule has 2 heterocycles. The van der Waals surface area contributed by atoms with Crippen molar-refractivity contribution in [2.45, 2.75) is 13.0 Å². The van der Waals surface area contributed by atoms with E-state index >= 15 is 0 Å². The van der Waals surface area contributed by atoms with Gasteiger partial charge in [-0.15, -0.1) is 0 Å². The Bertz CT molecular complexity index is 396. The molecule has 0 saturated carbocycles. The summed E-state index contributed by atoms with van der Waals surface area (Å²) in [5.41, 5.74) is 1.17. The summed E-state index contributed by atoms with van der Waals surface area (Å²) in [5.74, 6) is 0.335. The van der Waals surface area contributed by atoms with E-state index in [1.54, 1.807) is 0 Å². The second kappa shape index (κ2) is 3.59. The van der Waals surface area contributed by atoms with Gasteiger partial charge >= 0.3 is 0 Å². The van der Waals surface area contributed by atoms with E-state index in [9.17, 15) is 4.79 Å². The molecule has 0 bridgehead atoms. The van der Waals surface area contributed by atoms with Gasteiger partial charge in [0.05, 0.1) is 5.41 Å². The Morgan fingerprint density at radius 1 is 1.31 bits per heavy atom. The first-order chi connectivity index (χ1) is 7.80. The molecule has 1 N–H and O–H groups in total. The van der Waals surface area contributed by atoms with E-state index in [-0.39, 0.29) is 5.41 Å². The molecule has 0 radical (unpaired) electrons. The van der Waals surface area contributed by atoms with Crippen LogP contribution in [0.5, 0.6) is 0 Å². The first-order valence-corrected chi connectivity index (χ1v) is 5.84. The Morgan fingerprint density at radius 2 is 2.12 bits per heavy atom. The lowest BCUT2D eigenvalue weighted by Gasteiger charge is -2.46. The second-order valence-electron chi connectivity index (χ2n) is 4.85. The highest BCUT2D eigenvalue weighted by molar-refractivity contribution is 5.89. The van der Waals surface area contributed by atoms with Gasteiger partial charge in [-0.25, -0.2) is 0 Å². The fourth-order valence-corrected chi connectivity index (χ4v) is 2.74. The molecule has 0 aromatic heterocycles. The summed E-state index contributed by atoms with van der Waals surface area (Å²) in [4.78, 5) is 14.0. The van der Waals surface area contributed by atoms with Crippen molar-refractivity contribution in [1.29, 1.82) is 0 Å². The third-order valence-corrected chi connectivity index (χ3v) is 3.69. The minimum atomic E-state index is -0.0468. The highest BCUT2D eigenvalue weighted by Gasteiger charge is 2.52. The summed E-state index contributed by atoms with van der Waals surface area (Å²) >= 11 is 0. The molecule has 1 atom stereocenters. The van der Waals surface area contributed by atoms with Gasteiger partial charge in [0, 0.05) is 19.6 Å². The monoisotopic (exact) mass is 216 g/mol. The molecule has 2 fully saturated rings. The molecule has 1 spiro atoms. The van der Waals surface area contributed by atoms with Crippen LogP contribution in [0.25, 0.3) is 0 Å². The largest absolute Gasteiger partial charge is 0.337 e. The van der Waals surface area contributed by atoms with Crippen LogP contribution in [0.3, 0.4) is 0 Å². The number of carbonyl (C=O) groups is 1. The van der Waals surface area contributed by atoms with Gasteiger partial charge in [0.1, 0.15) is 0 Å². The zero-order valence-electron chi connectivity index (χ0n) is 9.28. The Balaban J connectivity index is 1.66. The SMILES string of the molecule is O=C1N(Cc2ccccc2)CC12CCNC2. The number of likely N-dealkylation sites (tertiary alicyclic amines) is 1. The number of nitrogens with one attached hydrogen (secondary N) is 1. The maximum Gasteiger partial charge on any atom is 0.232 e. The van der Waals surface area contributed by atoms with E-state index in [1.807, 2.05) is 23.1 Å². The molecule has 3 heteroatoms. The lowest BCUT2D eigenvalue weighted by molar-refractivity contribution is -0.159. The van der Waals surface area contributed by atoms with Crippen molar-refractivity contribution < 1.29 is 4.79 Å². The second-order valence-corrected chi connectivity index (χ2v) is 4.85. The number of amides is 1. The number of carbonyl (C=O) groups excluding carboxylic acids is 1. The molecule has 1 unspecified atom stereocenters. The van der Waals surface area contributed by atoms with Gasteiger partial charge in [0.2, 0.25) is 5.91 Å². The van der Waals surface area contributed by atoms with Gasteiger partial charge in [-0.1, -0.05) is 30.3 Å². The molecular formula is C13H16N2O. The molecule has 16 heavy (non-hydrogen) atoms. The van der Waals surface area contributed by atoms with Crippen molar-refractivity contribution in [1.82, 2.24) is 10.2 Å². The Labute approximate surface area is 95.4 Å². The summed E-state index contributed by atoms with van der Waals surface area (Å²) in [6.45, 7) is 3.55. The zero-order valence-corrected chi connectivity index (χ0v) is 9.28. The van der Waals surface area contributed by atoms with Gasteiger partial charge in [0.25, 0.3) is 0 Å². The number of hydrogen-bond donors (Lipinski definition) is 1. The highest BCUT2D eigenvalue weighted by Crippen LogP contribution is 2.38. The van der Waals surface area contributed by atoms with Gasteiger partial charge < -0.3 is 10.2 Å². The number of rotatable bonds is 2. The Morgan fingerprint density at radius 3 is 2.75 bits per heavy atom. The summed E-state index contributed by atoms with van der Waals surface area (Å²) in [5, 5.41) is 3.28. The maximum absolute atomic E-state index is 12.1. The van der Waals surface area contributed by atoms with Crippen LogP contribution in [0.15, 0.2) is 30.3 Å². The van der Waals surface area contributed by atoms with Crippen molar-refractivity contribution >= 4 is 5.91 Å². The average Bonchev–Trinajstić information content (AvgIpc) is 2.81. The minimum Gasteiger partial charge on any atom is -0.337 e. The molecule has 2 aliphatic rings. The Kier molecular flexibility index (Phi) is 2.21. The predicted molar refractivity (Wildman–Crippen MR) is 61.8 cm³/mol. The fourth-order valence-electron chi connectivity index (χ4n) is 2.74. The molecule has 2 aliphatic heterocycles. The molecule has 0 aliphatic carbocycles. The zero-order chi connectivity index (χ0) is 11.0. The van der Waals surface area contributed by atoms with Crippen LogP contribution in [-0.4, -0.2) is 30.4 Å².